The van der Waals surface area contributed by atoms with Crippen LogP contribution in [-0.2, 0) is 14.3 Å². The first-order valence-corrected chi connectivity index (χ1v) is 5.01. The molecule has 18 heavy (non-hydrogen) atoms. The predicted molar refractivity (Wildman–Crippen MR) is 63.8 cm³/mol. The van der Waals surface area contributed by atoms with E-state index in [-0.39, 0.29) is 16.8 Å². The molecule has 0 N–H and O–H groups in total. The van der Waals surface area contributed by atoms with Crippen LogP contribution in [0.3, 0.4) is 0 Å². The molecular weight excluding hydrogens is 238 g/mol. The van der Waals surface area contributed by atoms with Gasteiger partial charge in [-0.1, -0.05) is 12.1 Å². The van der Waals surface area contributed by atoms with E-state index >= 15 is 0 Å². The molecule has 0 spiro atoms. The van der Waals surface area contributed by atoms with Gasteiger partial charge in [-0.2, -0.15) is 0 Å². The van der Waals surface area contributed by atoms with E-state index in [1.165, 1.54) is 25.1 Å². The van der Waals surface area contributed by atoms with Gasteiger partial charge in [0.25, 0.3) is 5.69 Å². The second-order valence-electron chi connectivity index (χ2n) is 3.42. The van der Waals surface area contributed by atoms with Gasteiger partial charge in [-0.15, -0.1) is 0 Å². The van der Waals surface area contributed by atoms with Crippen LogP contribution in [0.4, 0.5) is 5.69 Å². The van der Waals surface area contributed by atoms with Gasteiger partial charge < -0.3 is 4.74 Å². The van der Waals surface area contributed by atoms with Crippen LogP contribution in [0.25, 0.3) is 6.08 Å². The fourth-order valence-corrected chi connectivity index (χ4v) is 1.35. The average Bonchev–Trinajstić information content (AvgIpc) is 2.34. The number of para-hydroxylation sites is 1. The third-order valence-electron chi connectivity index (χ3n) is 2.22. The van der Waals surface area contributed by atoms with Gasteiger partial charge in [-0.3, -0.25) is 14.9 Å². The van der Waals surface area contributed by atoms with Crippen molar-refractivity contribution < 1.29 is 19.2 Å². The van der Waals surface area contributed by atoms with Gasteiger partial charge in [0, 0.05) is 6.07 Å². The van der Waals surface area contributed by atoms with Crippen molar-refractivity contribution in [3.63, 3.8) is 0 Å². The minimum atomic E-state index is -0.819. The standard InChI is InChI=1S/C12H11NO5/c1-8(14)10(12(15)18-2)7-9-5-3-4-6-11(9)13(16)17/h3-7H,1-2H3/b10-7+. The van der Waals surface area contributed by atoms with Gasteiger partial charge in [0.2, 0.25) is 0 Å². The lowest BCUT2D eigenvalue weighted by Crippen LogP contribution is -2.11. The van der Waals surface area contributed by atoms with E-state index in [0.717, 1.165) is 13.2 Å². The van der Waals surface area contributed by atoms with Crippen LogP contribution in [0.1, 0.15) is 12.5 Å². The van der Waals surface area contributed by atoms with Crippen molar-refractivity contribution in [3.8, 4) is 0 Å². The molecule has 94 valence electrons. The number of nitro benzene ring substituents is 1. The number of ketones is 1. The summed E-state index contributed by atoms with van der Waals surface area (Å²) in [5.41, 5.74) is -0.231. The summed E-state index contributed by atoms with van der Waals surface area (Å²) >= 11 is 0. The maximum atomic E-state index is 11.4. The molecule has 0 atom stereocenters. The zero-order valence-corrected chi connectivity index (χ0v) is 9.88. The van der Waals surface area contributed by atoms with Crippen molar-refractivity contribution in [2.45, 2.75) is 6.92 Å². The molecule has 1 rings (SSSR count). The fraction of sp³-hybridized carbons (Fsp3) is 0.167. The maximum absolute atomic E-state index is 11.4. The molecular formula is C12H11NO5. The highest BCUT2D eigenvalue weighted by Gasteiger charge is 2.18. The Labute approximate surface area is 103 Å². The Balaban J connectivity index is 3.33. The number of nitro groups is 1. The van der Waals surface area contributed by atoms with Gasteiger partial charge in [0.05, 0.1) is 17.6 Å². The highest BCUT2D eigenvalue weighted by Crippen LogP contribution is 2.21. The van der Waals surface area contributed by atoms with Gasteiger partial charge in [0.15, 0.2) is 5.78 Å². The second-order valence-corrected chi connectivity index (χ2v) is 3.42. The predicted octanol–water partition coefficient (Wildman–Crippen LogP) is 1.74. The van der Waals surface area contributed by atoms with Crippen molar-refractivity contribution in [2.24, 2.45) is 0 Å². The summed E-state index contributed by atoms with van der Waals surface area (Å²) in [6.45, 7) is 1.19. The summed E-state index contributed by atoms with van der Waals surface area (Å²) in [5.74, 6) is -1.33. The van der Waals surface area contributed by atoms with Crippen LogP contribution < -0.4 is 0 Å². The van der Waals surface area contributed by atoms with E-state index in [2.05, 4.69) is 4.74 Å². The highest BCUT2D eigenvalue weighted by molar-refractivity contribution is 6.19. The molecule has 0 heterocycles. The molecule has 0 saturated carbocycles. The number of carbonyl (C=O) groups excluding carboxylic acids is 2. The lowest BCUT2D eigenvalue weighted by atomic mass is 10.1. The molecule has 0 aliphatic carbocycles. The second kappa shape index (κ2) is 5.72. The molecule has 6 heteroatoms. The SMILES string of the molecule is COC(=O)/C(=C/c1ccccc1[N+](=O)[O-])C(C)=O. The highest BCUT2D eigenvalue weighted by atomic mass is 16.6. The fourth-order valence-electron chi connectivity index (χ4n) is 1.35. The van der Waals surface area contributed by atoms with Crippen LogP contribution >= 0.6 is 0 Å². The largest absolute Gasteiger partial charge is 0.465 e. The van der Waals surface area contributed by atoms with E-state index in [0.29, 0.717) is 0 Å². The van der Waals surface area contributed by atoms with Gasteiger partial charge >= 0.3 is 5.97 Å². The van der Waals surface area contributed by atoms with Gasteiger partial charge in [-0.25, -0.2) is 4.79 Å². The lowest BCUT2D eigenvalue weighted by molar-refractivity contribution is -0.385. The molecule has 0 unspecified atom stereocenters. The lowest BCUT2D eigenvalue weighted by Gasteiger charge is -2.02. The molecule has 0 amide bonds. The summed E-state index contributed by atoms with van der Waals surface area (Å²) in [6.07, 6.45) is 1.16. The number of carbonyl (C=O) groups is 2. The van der Waals surface area contributed by atoms with Gasteiger partial charge in [-0.05, 0) is 19.1 Å². The number of benzene rings is 1. The Hall–Kier alpha value is -2.50. The normalized spacial score (nSPS) is 10.9. The maximum Gasteiger partial charge on any atom is 0.341 e. The molecule has 0 aromatic heterocycles. The molecule has 0 bridgehead atoms. The number of hydrogen-bond acceptors (Lipinski definition) is 5. The van der Waals surface area contributed by atoms with Crippen molar-refractivity contribution in [1.29, 1.82) is 0 Å². The monoisotopic (exact) mass is 249 g/mol. The minimum Gasteiger partial charge on any atom is -0.465 e. The van der Waals surface area contributed by atoms with Crippen molar-refractivity contribution in [3.05, 3.63) is 45.5 Å². The molecule has 0 saturated heterocycles. The third-order valence-corrected chi connectivity index (χ3v) is 2.22. The number of ether oxygens (including phenoxy) is 1. The first kappa shape index (κ1) is 13.6. The Morgan fingerprint density at radius 3 is 2.44 bits per heavy atom. The first-order chi connectivity index (χ1) is 8.47. The van der Waals surface area contributed by atoms with E-state index in [1.54, 1.807) is 6.07 Å². The summed E-state index contributed by atoms with van der Waals surface area (Å²) in [7, 11) is 1.14. The van der Waals surface area contributed by atoms with Crippen LogP contribution in [0, 0.1) is 10.1 Å². The molecule has 1 aromatic carbocycles. The third kappa shape index (κ3) is 3.00. The van der Waals surface area contributed by atoms with Crippen LogP contribution in [-0.4, -0.2) is 23.8 Å². The van der Waals surface area contributed by atoms with E-state index < -0.39 is 16.7 Å². The van der Waals surface area contributed by atoms with Crippen LogP contribution in [0.5, 0.6) is 0 Å². The molecule has 0 aliphatic rings. The van der Waals surface area contributed by atoms with Crippen molar-refractivity contribution >= 4 is 23.5 Å². The summed E-state index contributed by atoms with van der Waals surface area (Å²) < 4.78 is 4.45. The quantitative estimate of drug-likeness (QED) is 0.202. The Kier molecular flexibility index (Phi) is 4.31. The minimum absolute atomic E-state index is 0.179. The topological polar surface area (TPSA) is 86.5 Å². The first-order valence-electron chi connectivity index (χ1n) is 5.01. The molecule has 6 nitrogen and oxygen atoms in total. The molecule has 0 fully saturated rings. The number of esters is 1. The van der Waals surface area contributed by atoms with Crippen molar-refractivity contribution in [1.82, 2.24) is 0 Å². The number of rotatable bonds is 4. The molecule has 0 radical (unpaired) electrons. The summed E-state index contributed by atoms with van der Waals surface area (Å²) in [6, 6.07) is 5.82. The average molecular weight is 249 g/mol. The van der Waals surface area contributed by atoms with Crippen LogP contribution in [0.2, 0.25) is 0 Å². The van der Waals surface area contributed by atoms with Gasteiger partial charge in [0.1, 0.15) is 5.57 Å². The molecule has 0 aliphatic heterocycles. The summed E-state index contributed by atoms with van der Waals surface area (Å²) in [4.78, 5) is 32.9. The number of Topliss-reactive ketones (excluding diaryl/α,β-unsaturated/α-hetero) is 1. The molecule has 1 aromatic rings. The van der Waals surface area contributed by atoms with Crippen molar-refractivity contribution in [2.75, 3.05) is 7.11 Å². The zero-order chi connectivity index (χ0) is 13.7. The number of hydrogen-bond donors (Lipinski definition) is 0. The smallest absolute Gasteiger partial charge is 0.341 e. The van der Waals surface area contributed by atoms with E-state index in [4.69, 9.17) is 0 Å². The van der Waals surface area contributed by atoms with E-state index in [1.807, 2.05) is 0 Å². The summed E-state index contributed by atoms with van der Waals surface area (Å²) in [5, 5.41) is 10.8. The number of nitrogens with zero attached hydrogens (tertiary/aromatic N) is 1. The Morgan fingerprint density at radius 2 is 1.94 bits per heavy atom. The Morgan fingerprint density at radius 1 is 1.33 bits per heavy atom. The van der Waals surface area contributed by atoms with Crippen LogP contribution in [0.15, 0.2) is 29.8 Å². The number of methoxy groups -OCH3 is 1. The van der Waals surface area contributed by atoms with E-state index in [9.17, 15) is 19.7 Å². The zero-order valence-electron chi connectivity index (χ0n) is 9.88. The Bertz CT molecular complexity index is 533.